The number of rotatable bonds is 5. The van der Waals surface area contributed by atoms with Gasteiger partial charge in [0.25, 0.3) is 10.0 Å². The summed E-state index contributed by atoms with van der Waals surface area (Å²) in [5, 5.41) is 9.67. The van der Waals surface area contributed by atoms with Crippen LogP contribution in [0.1, 0.15) is 5.56 Å². The Hall–Kier alpha value is -5.17. The van der Waals surface area contributed by atoms with E-state index < -0.39 is 21.8 Å². The van der Waals surface area contributed by atoms with Crippen LogP contribution < -0.4 is 16.4 Å². The van der Waals surface area contributed by atoms with Gasteiger partial charge in [-0.15, -0.1) is 0 Å². The summed E-state index contributed by atoms with van der Waals surface area (Å²) in [4.78, 5) is 37.2. The quantitative estimate of drug-likeness (QED) is 0.229. The molecule has 4 aromatic heterocycles. The van der Waals surface area contributed by atoms with Gasteiger partial charge < -0.3 is 16.4 Å². The molecule has 0 fully saturated rings. The summed E-state index contributed by atoms with van der Waals surface area (Å²) in [7, 11) is -4.06. The summed E-state index contributed by atoms with van der Waals surface area (Å²) in [5.41, 5.74) is 9.51. The number of hydrogen-bond acceptors (Lipinski definition) is 9. The molecule has 0 radical (unpaired) electrons. The number of aryl methyl sites for hydroxylation is 1. The van der Waals surface area contributed by atoms with Crippen LogP contribution in [0.25, 0.3) is 21.9 Å². The molecule has 0 aliphatic rings. The highest BCUT2D eigenvalue weighted by atomic mass is 32.2. The molecular weight excluding hydrogens is 508 g/mol. The lowest BCUT2D eigenvalue weighted by molar-refractivity contribution is -0.133. The number of carbonyl (C=O) groups is 2. The summed E-state index contributed by atoms with van der Waals surface area (Å²) < 4.78 is 25.8. The van der Waals surface area contributed by atoms with Crippen molar-refractivity contribution in [3.8, 4) is 11.1 Å². The number of pyridine rings is 3. The van der Waals surface area contributed by atoms with Crippen LogP contribution in [0.4, 0.5) is 17.2 Å². The SMILES string of the molecule is Cc1ccncc1-c1cc(N)c2cnc(NC(=O)C(=O)Nc3cnn(S(=O)(=O)c4ccccn4)c3)cc2c1. The summed E-state index contributed by atoms with van der Waals surface area (Å²) in [6, 6.07) is 11.6. The molecule has 5 rings (SSSR count). The Labute approximate surface area is 216 Å². The Balaban J connectivity index is 1.32. The van der Waals surface area contributed by atoms with Gasteiger partial charge in [-0.2, -0.15) is 17.6 Å². The minimum atomic E-state index is -4.06. The molecule has 4 N–H and O–H groups in total. The highest BCUT2D eigenvalue weighted by Crippen LogP contribution is 2.31. The second-order valence-electron chi connectivity index (χ2n) is 8.23. The molecule has 0 unspecified atom stereocenters. The van der Waals surface area contributed by atoms with E-state index in [1.54, 1.807) is 24.5 Å². The van der Waals surface area contributed by atoms with E-state index in [0.29, 0.717) is 20.5 Å². The maximum absolute atomic E-state index is 12.6. The fourth-order valence-electron chi connectivity index (χ4n) is 3.73. The highest BCUT2D eigenvalue weighted by molar-refractivity contribution is 7.89. The summed E-state index contributed by atoms with van der Waals surface area (Å²) in [6.45, 7) is 1.96. The molecule has 12 nitrogen and oxygen atoms in total. The van der Waals surface area contributed by atoms with E-state index in [9.17, 15) is 18.0 Å². The molecule has 0 bridgehead atoms. The van der Waals surface area contributed by atoms with Crippen molar-refractivity contribution >= 4 is 49.8 Å². The number of nitrogens with zero attached hydrogens (tertiary/aromatic N) is 5. The Morgan fingerprint density at radius 2 is 1.76 bits per heavy atom. The van der Waals surface area contributed by atoms with Crippen molar-refractivity contribution in [2.24, 2.45) is 0 Å². The van der Waals surface area contributed by atoms with E-state index in [0.717, 1.165) is 29.1 Å². The molecule has 0 spiro atoms. The molecule has 5 aromatic rings. The second-order valence-corrected chi connectivity index (χ2v) is 9.97. The lowest BCUT2D eigenvalue weighted by Gasteiger charge is -2.11. The van der Waals surface area contributed by atoms with Crippen LogP contribution in [-0.2, 0) is 19.6 Å². The average molecular weight is 529 g/mol. The number of nitrogens with one attached hydrogen (secondary N) is 2. The van der Waals surface area contributed by atoms with Gasteiger partial charge in [0.1, 0.15) is 5.82 Å². The molecule has 0 atom stereocenters. The van der Waals surface area contributed by atoms with E-state index in [1.165, 1.54) is 24.5 Å². The molecule has 4 heterocycles. The third-order valence-electron chi connectivity index (χ3n) is 5.63. The van der Waals surface area contributed by atoms with Crippen LogP contribution in [0.2, 0.25) is 0 Å². The van der Waals surface area contributed by atoms with E-state index >= 15 is 0 Å². The first-order valence-corrected chi connectivity index (χ1v) is 12.6. The fourth-order valence-corrected chi connectivity index (χ4v) is 4.79. The zero-order chi connectivity index (χ0) is 26.9. The van der Waals surface area contributed by atoms with Gasteiger partial charge in [-0.25, -0.2) is 9.97 Å². The number of benzene rings is 1. The second kappa shape index (κ2) is 9.71. The third kappa shape index (κ3) is 4.77. The first-order valence-electron chi connectivity index (χ1n) is 11.2. The maximum atomic E-state index is 12.6. The highest BCUT2D eigenvalue weighted by Gasteiger charge is 2.21. The van der Waals surface area contributed by atoms with E-state index in [4.69, 9.17) is 5.73 Å². The molecule has 0 saturated heterocycles. The van der Waals surface area contributed by atoms with Gasteiger partial charge in [-0.05, 0) is 59.8 Å². The minimum absolute atomic E-state index is 0.000354. The van der Waals surface area contributed by atoms with Gasteiger partial charge in [-0.1, -0.05) is 6.07 Å². The van der Waals surface area contributed by atoms with Crippen LogP contribution in [0.15, 0.2) is 84.7 Å². The molecule has 38 heavy (non-hydrogen) atoms. The van der Waals surface area contributed by atoms with E-state index in [-0.39, 0.29) is 16.5 Å². The Bertz CT molecular complexity index is 1800. The standard InChI is InChI=1S/C25H20N8O4S/c1-15-5-7-27-12-19(15)16-8-17-10-22(29-13-20(17)21(26)9-16)32-25(35)24(34)31-18-11-30-33(14-18)38(36,37)23-4-2-3-6-28-23/h2-14H,26H2,1H3,(H,31,34)(H,29,32,35). The molecule has 2 amide bonds. The Morgan fingerprint density at radius 3 is 2.53 bits per heavy atom. The van der Waals surface area contributed by atoms with Gasteiger partial charge in [-0.3, -0.25) is 14.6 Å². The minimum Gasteiger partial charge on any atom is -0.398 e. The largest absolute Gasteiger partial charge is 0.398 e. The van der Waals surface area contributed by atoms with Crippen LogP contribution in [0, 0.1) is 6.92 Å². The number of hydrogen-bond donors (Lipinski definition) is 3. The zero-order valence-corrected chi connectivity index (χ0v) is 20.7. The van der Waals surface area contributed by atoms with E-state index in [1.807, 2.05) is 25.1 Å². The number of fused-ring (bicyclic) bond motifs is 1. The lowest BCUT2D eigenvalue weighted by Crippen LogP contribution is -2.29. The van der Waals surface area contributed by atoms with Crippen LogP contribution in [-0.4, -0.2) is 44.4 Å². The number of aromatic nitrogens is 5. The van der Waals surface area contributed by atoms with Gasteiger partial charge in [0, 0.05) is 41.4 Å². The van der Waals surface area contributed by atoms with Gasteiger partial charge in [0.15, 0.2) is 5.03 Å². The Morgan fingerprint density at radius 1 is 0.947 bits per heavy atom. The molecule has 0 saturated carbocycles. The predicted molar refractivity (Wildman–Crippen MR) is 140 cm³/mol. The lowest BCUT2D eigenvalue weighted by atomic mass is 9.99. The maximum Gasteiger partial charge on any atom is 0.315 e. The van der Waals surface area contributed by atoms with Crippen LogP contribution in [0.5, 0.6) is 0 Å². The molecular formula is C25H20N8O4S. The predicted octanol–water partition coefficient (Wildman–Crippen LogP) is 2.59. The summed E-state index contributed by atoms with van der Waals surface area (Å²) in [6.07, 6.45) is 8.45. The molecule has 190 valence electrons. The molecule has 0 aliphatic heterocycles. The topological polar surface area (TPSA) is 175 Å². The average Bonchev–Trinajstić information content (AvgIpc) is 3.38. The van der Waals surface area contributed by atoms with E-state index in [2.05, 4.69) is 30.7 Å². The molecule has 1 aromatic carbocycles. The fraction of sp³-hybridized carbons (Fsp3) is 0.0400. The monoisotopic (exact) mass is 528 g/mol. The first-order chi connectivity index (χ1) is 18.2. The third-order valence-corrected chi connectivity index (χ3v) is 7.10. The van der Waals surface area contributed by atoms with Crippen molar-refractivity contribution in [3.63, 3.8) is 0 Å². The smallest absolute Gasteiger partial charge is 0.315 e. The van der Waals surface area contributed by atoms with Gasteiger partial charge >= 0.3 is 11.8 Å². The summed E-state index contributed by atoms with van der Waals surface area (Å²) in [5.74, 6) is -1.92. The van der Waals surface area contributed by atoms with Crippen LogP contribution >= 0.6 is 0 Å². The number of nitrogen functional groups attached to an aromatic ring is 1. The van der Waals surface area contributed by atoms with Crippen molar-refractivity contribution in [2.45, 2.75) is 11.9 Å². The Kier molecular flexibility index (Phi) is 6.26. The van der Waals surface area contributed by atoms with Crippen LogP contribution in [0.3, 0.4) is 0 Å². The van der Waals surface area contributed by atoms with Gasteiger partial charge in [0.2, 0.25) is 0 Å². The number of nitrogens with two attached hydrogens (primary N) is 1. The van der Waals surface area contributed by atoms with Crippen molar-refractivity contribution < 1.29 is 18.0 Å². The number of anilines is 3. The molecule has 13 heteroatoms. The number of carbonyl (C=O) groups excluding carboxylic acids is 2. The number of amides is 2. The molecule has 0 aliphatic carbocycles. The van der Waals surface area contributed by atoms with Crippen molar-refractivity contribution in [2.75, 3.05) is 16.4 Å². The zero-order valence-electron chi connectivity index (χ0n) is 19.9. The van der Waals surface area contributed by atoms with Crippen molar-refractivity contribution in [3.05, 3.63) is 85.2 Å². The van der Waals surface area contributed by atoms with Gasteiger partial charge in [0.05, 0.1) is 18.1 Å². The first kappa shape index (κ1) is 24.5. The summed E-state index contributed by atoms with van der Waals surface area (Å²) >= 11 is 0. The normalized spacial score (nSPS) is 11.3. The van der Waals surface area contributed by atoms with Crippen molar-refractivity contribution in [1.82, 2.24) is 24.1 Å². The van der Waals surface area contributed by atoms with Crippen molar-refractivity contribution in [1.29, 1.82) is 0 Å².